The van der Waals surface area contributed by atoms with Gasteiger partial charge in [-0.25, -0.2) is 4.98 Å². The minimum Gasteiger partial charge on any atom is -0.377 e. The Morgan fingerprint density at radius 2 is 2.22 bits per heavy atom. The summed E-state index contributed by atoms with van der Waals surface area (Å²) in [5.74, 6) is -0.0612. The fourth-order valence-corrected chi connectivity index (χ4v) is 5.02. The van der Waals surface area contributed by atoms with E-state index < -0.39 is 5.54 Å². The second-order valence-electron chi connectivity index (χ2n) is 7.07. The fraction of sp³-hybridized carbons (Fsp3) is 0.529. The first kappa shape index (κ1) is 15.1. The van der Waals surface area contributed by atoms with Gasteiger partial charge < -0.3 is 15.8 Å². The van der Waals surface area contributed by atoms with E-state index >= 15 is 0 Å². The van der Waals surface area contributed by atoms with Crippen LogP contribution in [0.3, 0.4) is 0 Å². The van der Waals surface area contributed by atoms with Crippen molar-refractivity contribution in [2.45, 2.75) is 38.3 Å². The largest absolute Gasteiger partial charge is 0.377 e. The Bertz CT molecular complexity index is 739. The molecule has 6 heteroatoms. The third kappa shape index (κ3) is 1.98. The van der Waals surface area contributed by atoms with E-state index in [1.54, 1.807) is 0 Å². The summed E-state index contributed by atoms with van der Waals surface area (Å²) in [5, 5.41) is 3.56. The minimum absolute atomic E-state index is 0.0716. The maximum atomic E-state index is 12.9. The Labute approximate surface area is 139 Å². The van der Waals surface area contributed by atoms with Crippen LogP contribution in [0.5, 0.6) is 0 Å². The van der Waals surface area contributed by atoms with E-state index in [4.69, 9.17) is 10.5 Å². The summed E-state index contributed by atoms with van der Waals surface area (Å²) >= 11 is 1.48. The molecule has 1 aromatic heterocycles. The zero-order valence-corrected chi connectivity index (χ0v) is 14.2. The van der Waals surface area contributed by atoms with E-state index in [1.807, 2.05) is 38.1 Å². The van der Waals surface area contributed by atoms with Gasteiger partial charge in [-0.1, -0.05) is 37.3 Å². The van der Waals surface area contributed by atoms with Gasteiger partial charge in [-0.3, -0.25) is 4.79 Å². The number of hydrogen-bond donors (Lipinski definition) is 2. The molecule has 1 amide bonds. The van der Waals surface area contributed by atoms with Crippen LogP contribution >= 0.6 is 11.3 Å². The molecular formula is C17H21N3O2S. The smallest absolute Gasteiger partial charge is 0.247 e. The van der Waals surface area contributed by atoms with Crippen LogP contribution in [0, 0.1) is 11.3 Å². The van der Waals surface area contributed by atoms with Crippen molar-refractivity contribution >= 4 is 32.6 Å². The Kier molecular flexibility index (Phi) is 3.27. The lowest BCUT2D eigenvalue weighted by molar-refractivity contribution is -0.222. The van der Waals surface area contributed by atoms with Gasteiger partial charge in [0.2, 0.25) is 5.91 Å². The third-order valence-electron chi connectivity index (χ3n) is 5.57. The summed E-state index contributed by atoms with van der Waals surface area (Å²) < 4.78 is 6.92. The molecule has 3 atom stereocenters. The highest BCUT2D eigenvalue weighted by molar-refractivity contribution is 7.22. The van der Waals surface area contributed by atoms with Crippen molar-refractivity contribution in [1.82, 2.24) is 4.98 Å². The maximum Gasteiger partial charge on any atom is 0.247 e. The number of rotatable bonds is 2. The molecule has 1 saturated carbocycles. The van der Waals surface area contributed by atoms with Crippen LogP contribution in [0.15, 0.2) is 24.3 Å². The summed E-state index contributed by atoms with van der Waals surface area (Å²) in [6.07, 6.45) is 1.98. The summed E-state index contributed by atoms with van der Waals surface area (Å²) in [6.45, 7) is 4.81. The molecule has 23 heavy (non-hydrogen) atoms. The van der Waals surface area contributed by atoms with E-state index in [-0.39, 0.29) is 23.3 Å². The zero-order valence-electron chi connectivity index (χ0n) is 13.3. The molecular weight excluding hydrogens is 310 g/mol. The van der Waals surface area contributed by atoms with Gasteiger partial charge in [-0.05, 0) is 25.0 Å². The number of nitrogens with zero attached hydrogens (tertiary/aromatic N) is 1. The average molecular weight is 331 g/mol. The molecule has 1 saturated heterocycles. The van der Waals surface area contributed by atoms with Crippen LogP contribution in [0.25, 0.3) is 10.2 Å². The van der Waals surface area contributed by atoms with Crippen molar-refractivity contribution in [2.75, 3.05) is 11.9 Å². The van der Waals surface area contributed by atoms with Crippen molar-refractivity contribution in [3.63, 3.8) is 0 Å². The average Bonchev–Trinajstić information content (AvgIpc) is 2.96. The van der Waals surface area contributed by atoms with Crippen LogP contribution < -0.4 is 11.1 Å². The lowest BCUT2D eigenvalue weighted by Gasteiger charge is -2.64. The first-order valence-electron chi connectivity index (χ1n) is 8.02. The Morgan fingerprint density at radius 3 is 3.00 bits per heavy atom. The minimum atomic E-state index is -0.907. The molecule has 5 nitrogen and oxygen atoms in total. The molecule has 4 rings (SSSR count). The van der Waals surface area contributed by atoms with Gasteiger partial charge in [0.15, 0.2) is 5.13 Å². The van der Waals surface area contributed by atoms with Crippen molar-refractivity contribution in [3.8, 4) is 0 Å². The third-order valence-corrected chi connectivity index (χ3v) is 6.53. The van der Waals surface area contributed by atoms with Crippen molar-refractivity contribution in [3.05, 3.63) is 24.3 Å². The maximum absolute atomic E-state index is 12.9. The van der Waals surface area contributed by atoms with Gasteiger partial charge in [0.05, 0.1) is 16.3 Å². The molecule has 0 bridgehead atoms. The SMILES string of the molecule is CC1(C)C2OCCCC2C1(N)C(=O)Nc1nc2ccccc2s1. The molecule has 2 fully saturated rings. The predicted octanol–water partition coefficient (Wildman–Crippen LogP) is 2.77. The number of nitrogens with two attached hydrogens (primary N) is 1. The number of aromatic nitrogens is 1. The molecule has 3 N–H and O–H groups in total. The highest BCUT2D eigenvalue weighted by Crippen LogP contribution is 2.57. The number of anilines is 1. The monoisotopic (exact) mass is 331 g/mol. The molecule has 2 aliphatic rings. The quantitative estimate of drug-likeness (QED) is 0.887. The molecule has 1 aliphatic carbocycles. The van der Waals surface area contributed by atoms with Gasteiger partial charge in [0.1, 0.15) is 5.54 Å². The lowest BCUT2D eigenvalue weighted by Crippen LogP contribution is -2.81. The fourth-order valence-electron chi connectivity index (χ4n) is 4.16. The van der Waals surface area contributed by atoms with E-state index in [1.165, 1.54) is 11.3 Å². The number of carbonyl (C=O) groups excluding carboxylic acids is 1. The summed E-state index contributed by atoms with van der Waals surface area (Å²) in [7, 11) is 0. The highest BCUT2D eigenvalue weighted by atomic mass is 32.1. The van der Waals surface area contributed by atoms with Gasteiger partial charge >= 0.3 is 0 Å². The number of benzene rings is 1. The number of nitrogens with one attached hydrogen (secondary N) is 1. The van der Waals surface area contributed by atoms with Gasteiger partial charge in [-0.15, -0.1) is 0 Å². The topological polar surface area (TPSA) is 77.2 Å². The number of fused-ring (bicyclic) bond motifs is 2. The molecule has 2 heterocycles. The van der Waals surface area contributed by atoms with Crippen LogP contribution in [-0.4, -0.2) is 29.1 Å². The number of ether oxygens (including phenoxy) is 1. The summed E-state index contributed by atoms with van der Waals surface area (Å²) in [5.41, 5.74) is 6.22. The number of hydrogen-bond acceptors (Lipinski definition) is 5. The summed E-state index contributed by atoms with van der Waals surface area (Å²) in [6, 6.07) is 7.85. The van der Waals surface area contributed by atoms with Gasteiger partial charge in [0.25, 0.3) is 0 Å². The second kappa shape index (κ2) is 5.00. The number of carbonyl (C=O) groups is 1. The highest BCUT2D eigenvalue weighted by Gasteiger charge is 2.70. The van der Waals surface area contributed by atoms with Crippen LogP contribution in [0.1, 0.15) is 26.7 Å². The molecule has 1 aliphatic heterocycles. The molecule has 1 aromatic carbocycles. The molecule has 2 aromatic rings. The van der Waals surface area contributed by atoms with Crippen molar-refractivity contribution in [2.24, 2.45) is 17.1 Å². The number of para-hydroxylation sites is 1. The zero-order chi connectivity index (χ0) is 16.2. The standard InChI is InChI=1S/C17H21N3O2S/c1-16(2)13-10(6-5-9-22-13)17(16,18)14(21)20-15-19-11-7-3-4-8-12(11)23-15/h3-4,7-8,10,13H,5-6,9,18H2,1-2H3,(H,19,20,21). The van der Waals surface area contributed by atoms with Crippen molar-refractivity contribution < 1.29 is 9.53 Å². The van der Waals surface area contributed by atoms with E-state index in [2.05, 4.69) is 10.3 Å². The van der Waals surface area contributed by atoms with Gasteiger partial charge in [0, 0.05) is 17.9 Å². The molecule has 0 spiro atoms. The Morgan fingerprint density at radius 1 is 1.43 bits per heavy atom. The lowest BCUT2D eigenvalue weighted by atomic mass is 9.46. The van der Waals surface area contributed by atoms with Crippen LogP contribution in [0.2, 0.25) is 0 Å². The predicted molar refractivity (Wildman–Crippen MR) is 91.4 cm³/mol. The normalized spacial score (nSPS) is 32.1. The number of thiazole rings is 1. The number of amides is 1. The van der Waals surface area contributed by atoms with E-state index in [0.717, 1.165) is 29.7 Å². The van der Waals surface area contributed by atoms with Crippen LogP contribution in [0.4, 0.5) is 5.13 Å². The molecule has 3 unspecified atom stereocenters. The van der Waals surface area contributed by atoms with E-state index in [9.17, 15) is 4.79 Å². The summed E-state index contributed by atoms with van der Waals surface area (Å²) in [4.78, 5) is 17.4. The Balaban J connectivity index is 1.60. The van der Waals surface area contributed by atoms with E-state index in [0.29, 0.717) is 5.13 Å². The van der Waals surface area contributed by atoms with Crippen LogP contribution in [-0.2, 0) is 9.53 Å². The first-order chi connectivity index (χ1) is 10.9. The molecule has 0 radical (unpaired) electrons. The molecule has 122 valence electrons. The van der Waals surface area contributed by atoms with Crippen molar-refractivity contribution in [1.29, 1.82) is 0 Å². The van der Waals surface area contributed by atoms with Gasteiger partial charge in [-0.2, -0.15) is 0 Å². The first-order valence-corrected chi connectivity index (χ1v) is 8.84. The Hall–Kier alpha value is -1.50. The second-order valence-corrected chi connectivity index (χ2v) is 8.10.